The smallest absolute Gasteiger partial charge is 0.246 e. The van der Waals surface area contributed by atoms with Gasteiger partial charge in [-0.05, 0) is 44.0 Å². The summed E-state index contributed by atoms with van der Waals surface area (Å²) in [6, 6.07) is 17.6. The topological polar surface area (TPSA) is 67.2 Å². The number of nitrogens with zero attached hydrogens (tertiary/aromatic N) is 3. The van der Waals surface area contributed by atoms with Gasteiger partial charge in [0.2, 0.25) is 11.8 Å². The molecule has 164 valence electrons. The van der Waals surface area contributed by atoms with Crippen molar-refractivity contribution >= 4 is 28.5 Å². The number of carbonyl (C=O) groups is 2. The molecular formula is C25H32N4O2. The van der Waals surface area contributed by atoms with E-state index in [2.05, 4.69) is 5.32 Å². The highest BCUT2D eigenvalue weighted by Crippen LogP contribution is 2.19. The average Bonchev–Trinajstić information content (AvgIpc) is 3.13. The van der Waals surface area contributed by atoms with Crippen LogP contribution in [0.1, 0.15) is 39.4 Å². The molecule has 2 aromatic carbocycles. The molecule has 3 aromatic rings. The minimum Gasteiger partial charge on any atom is -0.355 e. The monoisotopic (exact) mass is 420 g/mol. The summed E-state index contributed by atoms with van der Waals surface area (Å²) in [6.07, 6.45) is 2.24. The SMILES string of the molecule is CCC(CC)C(=O)NCCc1nc2ccccc2n1CC(=O)N(CC)c1ccccc1. The second-order valence-corrected chi connectivity index (χ2v) is 7.63. The molecule has 0 radical (unpaired) electrons. The molecule has 0 aliphatic rings. The van der Waals surface area contributed by atoms with Gasteiger partial charge in [0.25, 0.3) is 0 Å². The fraction of sp³-hybridized carbons (Fsp3) is 0.400. The summed E-state index contributed by atoms with van der Waals surface area (Å²) in [5, 5.41) is 3.03. The molecule has 0 bridgehead atoms. The summed E-state index contributed by atoms with van der Waals surface area (Å²) >= 11 is 0. The average molecular weight is 421 g/mol. The van der Waals surface area contributed by atoms with E-state index in [0.29, 0.717) is 19.5 Å². The first-order valence-electron chi connectivity index (χ1n) is 11.2. The summed E-state index contributed by atoms with van der Waals surface area (Å²) in [5.74, 6) is 0.956. The van der Waals surface area contributed by atoms with E-state index < -0.39 is 0 Å². The molecular weight excluding hydrogens is 388 g/mol. The molecule has 3 rings (SSSR count). The molecule has 0 aliphatic carbocycles. The maximum Gasteiger partial charge on any atom is 0.246 e. The normalized spacial score (nSPS) is 11.1. The number of imidazole rings is 1. The number of para-hydroxylation sites is 3. The summed E-state index contributed by atoms with van der Waals surface area (Å²) < 4.78 is 1.98. The number of anilines is 1. The van der Waals surface area contributed by atoms with Gasteiger partial charge in [0.1, 0.15) is 12.4 Å². The lowest BCUT2D eigenvalue weighted by atomic mass is 10.0. The Balaban J connectivity index is 1.79. The highest BCUT2D eigenvalue weighted by atomic mass is 16.2. The van der Waals surface area contributed by atoms with E-state index in [1.807, 2.05) is 79.9 Å². The Hall–Kier alpha value is -3.15. The number of hydrogen-bond acceptors (Lipinski definition) is 3. The van der Waals surface area contributed by atoms with Crippen LogP contribution in [0.2, 0.25) is 0 Å². The van der Waals surface area contributed by atoms with Crippen LogP contribution in [-0.4, -0.2) is 34.5 Å². The fourth-order valence-corrected chi connectivity index (χ4v) is 3.93. The van der Waals surface area contributed by atoms with E-state index in [9.17, 15) is 9.59 Å². The van der Waals surface area contributed by atoms with Crippen LogP contribution in [0.15, 0.2) is 54.6 Å². The van der Waals surface area contributed by atoms with Crippen LogP contribution in [-0.2, 0) is 22.6 Å². The first kappa shape index (κ1) is 22.5. The quantitative estimate of drug-likeness (QED) is 0.535. The third kappa shape index (κ3) is 5.32. The van der Waals surface area contributed by atoms with Crippen LogP contribution >= 0.6 is 0 Å². The van der Waals surface area contributed by atoms with Gasteiger partial charge in [-0.3, -0.25) is 9.59 Å². The first-order valence-corrected chi connectivity index (χ1v) is 11.2. The second kappa shape index (κ2) is 10.8. The zero-order valence-electron chi connectivity index (χ0n) is 18.7. The predicted octanol–water partition coefficient (Wildman–Crippen LogP) is 4.18. The predicted molar refractivity (Wildman–Crippen MR) is 125 cm³/mol. The lowest BCUT2D eigenvalue weighted by molar-refractivity contribution is -0.125. The van der Waals surface area contributed by atoms with Crippen molar-refractivity contribution in [1.29, 1.82) is 0 Å². The second-order valence-electron chi connectivity index (χ2n) is 7.63. The van der Waals surface area contributed by atoms with Crippen molar-refractivity contribution < 1.29 is 9.59 Å². The zero-order chi connectivity index (χ0) is 22.2. The number of aromatic nitrogens is 2. The van der Waals surface area contributed by atoms with Crippen LogP contribution in [0.4, 0.5) is 5.69 Å². The molecule has 1 aromatic heterocycles. The van der Waals surface area contributed by atoms with E-state index in [1.165, 1.54) is 0 Å². The van der Waals surface area contributed by atoms with Gasteiger partial charge >= 0.3 is 0 Å². The van der Waals surface area contributed by atoms with Crippen molar-refractivity contribution in [2.24, 2.45) is 5.92 Å². The number of amides is 2. The molecule has 2 amide bonds. The minimum absolute atomic E-state index is 0.0131. The zero-order valence-corrected chi connectivity index (χ0v) is 18.7. The van der Waals surface area contributed by atoms with Gasteiger partial charge in [-0.15, -0.1) is 0 Å². The number of benzene rings is 2. The molecule has 6 nitrogen and oxygen atoms in total. The van der Waals surface area contributed by atoms with E-state index in [1.54, 1.807) is 4.90 Å². The number of likely N-dealkylation sites (N-methyl/N-ethyl adjacent to an activating group) is 1. The molecule has 0 spiro atoms. The van der Waals surface area contributed by atoms with E-state index in [4.69, 9.17) is 4.98 Å². The lowest BCUT2D eigenvalue weighted by Crippen LogP contribution is -2.35. The molecule has 0 aliphatic heterocycles. The number of nitrogens with one attached hydrogen (secondary N) is 1. The van der Waals surface area contributed by atoms with Gasteiger partial charge in [-0.2, -0.15) is 0 Å². The fourth-order valence-electron chi connectivity index (χ4n) is 3.93. The van der Waals surface area contributed by atoms with Gasteiger partial charge in [-0.25, -0.2) is 4.98 Å². The van der Waals surface area contributed by atoms with E-state index in [-0.39, 0.29) is 24.3 Å². The molecule has 6 heteroatoms. The summed E-state index contributed by atoms with van der Waals surface area (Å²) in [6.45, 7) is 7.35. The maximum absolute atomic E-state index is 13.2. The first-order chi connectivity index (χ1) is 15.1. The molecule has 1 heterocycles. The Morgan fingerprint density at radius 2 is 1.68 bits per heavy atom. The number of hydrogen-bond donors (Lipinski definition) is 1. The number of fused-ring (bicyclic) bond motifs is 1. The summed E-state index contributed by atoms with van der Waals surface area (Å²) in [4.78, 5) is 32.0. The van der Waals surface area contributed by atoms with Gasteiger partial charge in [-0.1, -0.05) is 44.2 Å². The maximum atomic E-state index is 13.2. The van der Waals surface area contributed by atoms with Gasteiger partial charge in [0.05, 0.1) is 11.0 Å². The third-order valence-corrected chi connectivity index (χ3v) is 5.72. The van der Waals surface area contributed by atoms with Crippen LogP contribution in [0.25, 0.3) is 11.0 Å². The highest BCUT2D eigenvalue weighted by molar-refractivity contribution is 5.94. The highest BCUT2D eigenvalue weighted by Gasteiger charge is 2.19. The molecule has 1 N–H and O–H groups in total. The van der Waals surface area contributed by atoms with E-state index >= 15 is 0 Å². The Morgan fingerprint density at radius 3 is 2.35 bits per heavy atom. The van der Waals surface area contributed by atoms with Crippen molar-refractivity contribution in [3.63, 3.8) is 0 Å². The number of carbonyl (C=O) groups excluding carboxylic acids is 2. The van der Waals surface area contributed by atoms with Gasteiger partial charge in [0, 0.05) is 31.1 Å². The molecule has 0 atom stereocenters. The summed E-state index contributed by atoms with van der Waals surface area (Å²) in [5.41, 5.74) is 2.68. The Kier molecular flexibility index (Phi) is 7.82. The van der Waals surface area contributed by atoms with Crippen molar-refractivity contribution in [2.75, 3.05) is 18.0 Å². The van der Waals surface area contributed by atoms with Crippen LogP contribution < -0.4 is 10.2 Å². The van der Waals surface area contributed by atoms with Gasteiger partial charge in [0.15, 0.2) is 0 Å². The third-order valence-electron chi connectivity index (χ3n) is 5.72. The largest absolute Gasteiger partial charge is 0.355 e. The number of rotatable bonds is 10. The molecule has 0 unspecified atom stereocenters. The molecule has 0 saturated heterocycles. The molecule has 0 fully saturated rings. The van der Waals surface area contributed by atoms with Crippen molar-refractivity contribution in [1.82, 2.24) is 14.9 Å². The molecule has 31 heavy (non-hydrogen) atoms. The lowest BCUT2D eigenvalue weighted by Gasteiger charge is -2.22. The Labute approximate surface area is 184 Å². The standard InChI is InChI=1S/C25H32N4O2/c1-4-19(5-2)25(31)26-17-16-23-27-21-14-10-11-15-22(21)29(23)18-24(30)28(6-3)20-12-8-7-9-13-20/h7-15,19H,4-6,16-18H2,1-3H3,(H,26,31). The van der Waals surface area contributed by atoms with E-state index in [0.717, 1.165) is 35.4 Å². The Morgan fingerprint density at radius 1 is 1.00 bits per heavy atom. The minimum atomic E-state index is 0.0131. The van der Waals surface area contributed by atoms with Crippen LogP contribution in [0.3, 0.4) is 0 Å². The van der Waals surface area contributed by atoms with Crippen molar-refractivity contribution in [2.45, 2.75) is 46.6 Å². The molecule has 0 saturated carbocycles. The summed E-state index contributed by atoms with van der Waals surface area (Å²) in [7, 11) is 0. The van der Waals surface area contributed by atoms with Crippen molar-refractivity contribution in [3.8, 4) is 0 Å². The van der Waals surface area contributed by atoms with Gasteiger partial charge < -0.3 is 14.8 Å². The van der Waals surface area contributed by atoms with Crippen LogP contribution in [0, 0.1) is 5.92 Å². The van der Waals surface area contributed by atoms with Crippen LogP contribution in [0.5, 0.6) is 0 Å². The van der Waals surface area contributed by atoms with Crippen molar-refractivity contribution in [3.05, 3.63) is 60.4 Å². The Bertz CT molecular complexity index is 1010.